The van der Waals surface area contributed by atoms with Crippen molar-refractivity contribution in [2.24, 2.45) is 5.92 Å². The number of carboxylic acid groups (broad SMARTS) is 1. The molecule has 0 bridgehead atoms. The molecule has 2 atom stereocenters. The lowest BCUT2D eigenvalue weighted by atomic mass is 9.95. The van der Waals surface area contributed by atoms with Crippen LogP contribution in [0.15, 0.2) is 78.9 Å². The van der Waals surface area contributed by atoms with Gasteiger partial charge in [0.15, 0.2) is 0 Å². The number of carboxylic acids is 1. The smallest absolute Gasteiger partial charge is 0.408 e. The first kappa shape index (κ1) is 28.4. The molecule has 0 saturated carbocycles. The Labute approximate surface area is 240 Å². The molecule has 8 nitrogen and oxygen atoms in total. The average Bonchev–Trinajstić information content (AvgIpc) is 3.54. The summed E-state index contributed by atoms with van der Waals surface area (Å²) in [6, 6.07) is 26.3. The van der Waals surface area contributed by atoms with E-state index in [4.69, 9.17) is 4.74 Å². The number of nitrogens with one attached hydrogen (secondary N) is 1. The number of likely N-dealkylation sites (N-methyl/N-ethyl adjacent to an activating group) is 1. The molecular formula is C33H37N3O5. The summed E-state index contributed by atoms with van der Waals surface area (Å²) in [5.41, 5.74) is 4.41. The van der Waals surface area contributed by atoms with E-state index in [2.05, 4.69) is 34.5 Å². The Bertz CT molecular complexity index is 1370. The Morgan fingerprint density at radius 2 is 1.61 bits per heavy atom. The van der Waals surface area contributed by atoms with Gasteiger partial charge in [-0.05, 0) is 41.2 Å². The Balaban J connectivity index is 1.33. The quantitative estimate of drug-likeness (QED) is 0.375. The first-order valence-electron chi connectivity index (χ1n) is 14.2. The summed E-state index contributed by atoms with van der Waals surface area (Å²) in [6.07, 6.45) is -0.245. The summed E-state index contributed by atoms with van der Waals surface area (Å²) in [6.45, 7) is 5.51. The molecule has 8 heteroatoms. The van der Waals surface area contributed by atoms with Crippen LogP contribution in [0, 0.1) is 5.92 Å². The van der Waals surface area contributed by atoms with E-state index in [0.29, 0.717) is 32.6 Å². The highest BCUT2D eigenvalue weighted by Gasteiger charge is 2.48. The first-order valence-corrected chi connectivity index (χ1v) is 14.2. The van der Waals surface area contributed by atoms with Gasteiger partial charge in [-0.15, -0.1) is 0 Å². The van der Waals surface area contributed by atoms with Crippen molar-refractivity contribution in [3.63, 3.8) is 0 Å². The van der Waals surface area contributed by atoms with E-state index >= 15 is 0 Å². The zero-order valence-electron chi connectivity index (χ0n) is 23.6. The van der Waals surface area contributed by atoms with Crippen molar-refractivity contribution in [1.29, 1.82) is 0 Å². The number of alkyl carbamates (subject to hydrolysis) is 1. The van der Waals surface area contributed by atoms with Crippen molar-refractivity contribution < 1.29 is 24.2 Å². The summed E-state index contributed by atoms with van der Waals surface area (Å²) >= 11 is 0. The van der Waals surface area contributed by atoms with Gasteiger partial charge >= 0.3 is 12.1 Å². The zero-order valence-corrected chi connectivity index (χ0v) is 23.6. The number of nitrogens with zero attached hydrogens (tertiary/aromatic N) is 2. The molecule has 1 aliphatic heterocycles. The summed E-state index contributed by atoms with van der Waals surface area (Å²) in [4.78, 5) is 42.6. The maximum Gasteiger partial charge on any atom is 0.408 e. The van der Waals surface area contributed by atoms with E-state index in [0.717, 1.165) is 27.8 Å². The van der Waals surface area contributed by atoms with Crippen LogP contribution in [0.3, 0.4) is 0 Å². The number of likely N-dealkylation sites (tertiary alicyclic amines) is 1. The van der Waals surface area contributed by atoms with E-state index in [1.54, 1.807) is 6.92 Å². The van der Waals surface area contributed by atoms with Gasteiger partial charge in [-0.2, -0.15) is 0 Å². The predicted molar refractivity (Wildman–Crippen MR) is 156 cm³/mol. The van der Waals surface area contributed by atoms with Gasteiger partial charge in [-0.1, -0.05) is 85.8 Å². The molecule has 0 aromatic heterocycles. The number of hydrogen-bond donors (Lipinski definition) is 2. The second-order valence-corrected chi connectivity index (χ2v) is 11.1. The lowest BCUT2D eigenvalue weighted by molar-refractivity contribution is -0.144. The molecule has 41 heavy (non-hydrogen) atoms. The number of benzene rings is 3. The average molecular weight is 556 g/mol. The second-order valence-electron chi connectivity index (χ2n) is 11.1. The molecule has 2 unspecified atom stereocenters. The summed E-state index contributed by atoms with van der Waals surface area (Å²) in [5.74, 6) is -2.07. The number of ether oxygens (including phenoxy) is 1. The van der Waals surface area contributed by atoms with Crippen molar-refractivity contribution >= 4 is 18.0 Å². The number of aliphatic carboxylic acids is 1. The van der Waals surface area contributed by atoms with E-state index in [1.165, 1.54) is 4.90 Å². The molecule has 3 aromatic rings. The molecule has 1 aliphatic carbocycles. The third kappa shape index (κ3) is 5.98. The van der Waals surface area contributed by atoms with E-state index in [9.17, 15) is 19.5 Å². The third-order valence-electron chi connectivity index (χ3n) is 8.28. The number of carbonyl (C=O) groups excluding carboxylic acids is 2. The Morgan fingerprint density at radius 1 is 1.00 bits per heavy atom. The Kier molecular flexibility index (Phi) is 8.40. The monoisotopic (exact) mass is 555 g/mol. The van der Waals surface area contributed by atoms with Gasteiger partial charge in [0, 0.05) is 38.6 Å². The fraction of sp³-hybridized carbons (Fsp3) is 0.364. The number of amides is 2. The van der Waals surface area contributed by atoms with Crippen molar-refractivity contribution in [2.45, 2.75) is 38.3 Å². The van der Waals surface area contributed by atoms with Crippen molar-refractivity contribution in [3.8, 4) is 11.1 Å². The molecule has 2 aliphatic rings. The molecule has 1 heterocycles. The standard InChI is InChI=1S/C33H37N3O5/c1-3-36(19-23(2)30(37)38)31(39)33(17-18-35(22-33)20-24-11-5-4-6-12-24)34-32(40)41-21-29-27-15-9-7-13-25(27)26-14-8-10-16-28(26)29/h4-16,23,29H,3,17-22H2,1-2H3,(H,34,40)(H,37,38). The SMILES string of the molecule is CCN(CC(C)C(=O)O)C(=O)C1(NC(=O)OCC2c3ccccc3-c3ccccc32)CCN(Cc2ccccc2)C1. The van der Waals surface area contributed by atoms with Gasteiger partial charge in [-0.25, -0.2) is 4.79 Å². The first-order chi connectivity index (χ1) is 19.8. The summed E-state index contributed by atoms with van der Waals surface area (Å²) < 4.78 is 5.83. The highest BCUT2D eigenvalue weighted by Crippen LogP contribution is 2.44. The van der Waals surface area contributed by atoms with E-state index in [-0.39, 0.29) is 25.0 Å². The maximum atomic E-state index is 14.0. The summed E-state index contributed by atoms with van der Waals surface area (Å²) in [7, 11) is 0. The maximum absolute atomic E-state index is 14.0. The summed E-state index contributed by atoms with van der Waals surface area (Å²) in [5, 5.41) is 12.4. The molecule has 1 saturated heterocycles. The van der Waals surface area contributed by atoms with Crippen LogP contribution in [0.25, 0.3) is 11.1 Å². The lowest BCUT2D eigenvalue weighted by Gasteiger charge is -2.35. The zero-order chi connectivity index (χ0) is 29.0. The molecule has 214 valence electrons. The van der Waals surface area contributed by atoms with Gasteiger partial charge in [0.2, 0.25) is 5.91 Å². The molecule has 0 spiro atoms. The molecule has 3 aromatic carbocycles. The minimum atomic E-state index is -1.22. The number of rotatable bonds is 10. The minimum absolute atomic E-state index is 0.0669. The van der Waals surface area contributed by atoms with Crippen LogP contribution in [0.5, 0.6) is 0 Å². The van der Waals surface area contributed by atoms with Crippen molar-refractivity contribution in [2.75, 3.05) is 32.8 Å². The highest BCUT2D eigenvalue weighted by atomic mass is 16.5. The highest BCUT2D eigenvalue weighted by molar-refractivity contribution is 5.91. The molecule has 5 rings (SSSR count). The van der Waals surface area contributed by atoms with E-state index in [1.807, 2.05) is 61.5 Å². The number of carbonyl (C=O) groups is 3. The molecule has 2 amide bonds. The van der Waals surface area contributed by atoms with Gasteiger partial charge in [0.25, 0.3) is 0 Å². The Hall–Kier alpha value is -4.17. The van der Waals surface area contributed by atoms with Crippen LogP contribution in [-0.2, 0) is 20.9 Å². The normalized spacial score (nSPS) is 18.8. The molecule has 2 N–H and O–H groups in total. The number of fused-ring (bicyclic) bond motifs is 3. The fourth-order valence-electron chi connectivity index (χ4n) is 6.09. The third-order valence-corrected chi connectivity index (χ3v) is 8.28. The lowest BCUT2D eigenvalue weighted by Crippen LogP contribution is -2.61. The largest absolute Gasteiger partial charge is 0.481 e. The predicted octanol–water partition coefficient (Wildman–Crippen LogP) is 4.74. The van der Waals surface area contributed by atoms with Crippen molar-refractivity contribution in [3.05, 3.63) is 95.6 Å². The van der Waals surface area contributed by atoms with Crippen LogP contribution in [0.2, 0.25) is 0 Å². The minimum Gasteiger partial charge on any atom is -0.481 e. The second kappa shape index (κ2) is 12.1. The van der Waals surface area contributed by atoms with Gasteiger partial charge in [0.05, 0.1) is 5.92 Å². The Morgan fingerprint density at radius 3 is 2.22 bits per heavy atom. The molecule has 0 radical (unpaired) electrons. The van der Waals surface area contributed by atoms with Crippen LogP contribution < -0.4 is 5.32 Å². The van der Waals surface area contributed by atoms with Crippen LogP contribution in [0.1, 0.15) is 42.9 Å². The van der Waals surface area contributed by atoms with Crippen LogP contribution >= 0.6 is 0 Å². The van der Waals surface area contributed by atoms with Gasteiger partial charge < -0.3 is 20.1 Å². The topological polar surface area (TPSA) is 99.2 Å². The number of hydrogen-bond acceptors (Lipinski definition) is 5. The van der Waals surface area contributed by atoms with Crippen molar-refractivity contribution in [1.82, 2.24) is 15.1 Å². The molecule has 1 fully saturated rings. The fourth-order valence-corrected chi connectivity index (χ4v) is 6.09. The van der Waals surface area contributed by atoms with Crippen LogP contribution in [-0.4, -0.2) is 71.2 Å². The van der Waals surface area contributed by atoms with Gasteiger partial charge in [-0.3, -0.25) is 14.5 Å². The molecular weight excluding hydrogens is 518 g/mol. The van der Waals surface area contributed by atoms with E-state index < -0.39 is 23.5 Å². The van der Waals surface area contributed by atoms with Gasteiger partial charge in [0.1, 0.15) is 12.1 Å². The van der Waals surface area contributed by atoms with Crippen LogP contribution in [0.4, 0.5) is 4.79 Å².